The molecule has 1 heterocycles. The Hall–Kier alpha value is -1.79. The van der Waals surface area contributed by atoms with Gasteiger partial charge in [-0.2, -0.15) is 0 Å². The molecule has 0 saturated heterocycles. The van der Waals surface area contributed by atoms with Crippen molar-refractivity contribution in [1.82, 2.24) is 9.66 Å². The maximum atomic E-state index is 12.3. The molecule has 0 spiro atoms. The van der Waals surface area contributed by atoms with E-state index in [0.29, 0.717) is 21.8 Å². The normalized spacial score (nSPS) is 11.0. The van der Waals surface area contributed by atoms with E-state index in [1.165, 1.54) is 22.9 Å². The lowest BCUT2D eigenvalue weighted by atomic mass is 10.2. The molecule has 112 valence electrons. The molecule has 2 N–H and O–H groups in total. The van der Waals surface area contributed by atoms with Crippen molar-refractivity contribution in [2.45, 2.75) is 17.8 Å². The monoisotopic (exact) mass is 375 g/mol. The highest BCUT2D eigenvalue weighted by Gasteiger charge is 2.10. The highest BCUT2D eigenvalue weighted by atomic mass is 79.9. The minimum absolute atomic E-state index is 0.238. The summed E-state index contributed by atoms with van der Waals surface area (Å²) in [6.45, 7) is 2.05. The third-order valence-corrected chi connectivity index (χ3v) is 4.80. The molecule has 3 rings (SSSR count). The van der Waals surface area contributed by atoms with Crippen LogP contribution in [0.4, 0.5) is 0 Å². The Morgan fingerprint density at radius 1 is 1.27 bits per heavy atom. The van der Waals surface area contributed by atoms with Gasteiger partial charge in [0, 0.05) is 10.2 Å². The summed E-state index contributed by atoms with van der Waals surface area (Å²) in [7, 11) is 0. The van der Waals surface area contributed by atoms with Crippen LogP contribution >= 0.6 is 27.7 Å². The first-order chi connectivity index (χ1) is 10.5. The van der Waals surface area contributed by atoms with Crippen molar-refractivity contribution in [3.8, 4) is 0 Å². The highest BCUT2D eigenvalue weighted by Crippen LogP contribution is 2.22. The smallest absolute Gasteiger partial charge is 0.280 e. The van der Waals surface area contributed by atoms with Gasteiger partial charge in [-0.15, -0.1) is 0 Å². The summed E-state index contributed by atoms with van der Waals surface area (Å²) < 4.78 is 1.95. The van der Waals surface area contributed by atoms with Crippen molar-refractivity contribution in [3.63, 3.8) is 0 Å². The number of hydrogen-bond acceptors (Lipinski definition) is 4. The Balaban J connectivity index is 1.96. The second-order valence-corrected chi connectivity index (χ2v) is 6.87. The van der Waals surface area contributed by atoms with Gasteiger partial charge in [0.1, 0.15) is 0 Å². The van der Waals surface area contributed by atoms with E-state index in [4.69, 9.17) is 5.84 Å². The summed E-state index contributed by atoms with van der Waals surface area (Å²) >= 11 is 4.81. The van der Waals surface area contributed by atoms with Crippen LogP contribution in [0, 0.1) is 6.92 Å². The second-order valence-electron chi connectivity index (χ2n) is 5.01. The van der Waals surface area contributed by atoms with Gasteiger partial charge in [-0.25, -0.2) is 9.66 Å². The molecule has 0 aliphatic carbocycles. The van der Waals surface area contributed by atoms with E-state index in [0.717, 1.165) is 9.15 Å². The number of benzene rings is 2. The van der Waals surface area contributed by atoms with Crippen molar-refractivity contribution in [3.05, 3.63) is 68.4 Å². The van der Waals surface area contributed by atoms with E-state index in [1.807, 2.05) is 18.2 Å². The molecule has 0 bridgehead atoms. The number of hydrogen-bond donors (Lipinski definition) is 1. The molecule has 0 unspecified atom stereocenters. The number of fused-ring (bicyclic) bond motifs is 1. The Morgan fingerprint density at radius 2 is 2.09 bits per heavy atom. The maximum absolute atomic E-state index is 12.3. The van der Waals surface area contributed by atoms with Crippen LogP contribution in [0.3, 0.4) is 0 Å². The van der Waals surface area contributed by atoms with Gasteiger partial charge < -0.3 is 5.84 Å². The SMILES string of the molecule is Cc1cccc(CSc2nc3ccc(Br)cc3c(=O)n2N)c1. The van der Waals surface area contributed by atoms with Crippen LogP contribution in [0.25, 0.3) is 10.9 Å². The van der Waals surface area contributed by atoms with Gasteiger partial charge in [-0.3, -0.25) is 4.79 Å². The van der Waals surface area contributed by atoms with E-state index in [-0.39, 0.29) is 5.56 Å². The molecule has 3 aromatic rings. The van der Waals surface area contributed by atoms with Crippen LogP contribution in [0.2, 0.25) is 0 Å². The quantitative estimate of drug-likeness (QED) is 0.432. The zero-order valence-corrected chi connectivity index (χ0v) is 14.3. The standard InChI is InChI=1S/C16H14BrN3OS/c1-10-3-2-4-11(7-10)9-22-16-19-14-6-5-12(17)8-13(14)15(21)20(16)18/h2-8H,9,18H2,1H3. The molecule has 4 nitrogen and oxygen atoms in total. The van der Waals surface area contributed by atoms with Gasteiger partial charge in [0.2, 0.25) is 0 Å². The zero-order valence-electron chi connectivity index (χ0n) is 11.9. The largest absolute Gasteiger partial charge is 0.334 e. The fraction of sp³-hybridized carbons (Fsp3) is 0.125. The average Bonchev–Trinajstić information content (AvgIpc) is 2.50. The molecule has 22 heavy (non-hydrogen) atoms. The van der Waals surface area contributed by atoms with Gasteiger partial charge in [0.15, 0.2) is 5.16 Å². The molecular weight excluding hydrogens is 362 g/mol. The molecular formula is C16H14BrN3OS. The summed E-state index contributed by atoms with van der Waals surface area (Å²) in [5, 5.41) is 1.03. The molecule has 2 aromatic carbocycles. The average molecular weight is 376 g/mol. The third-order valence-electron chi connectivity index (χ3n) is 3.28. The first-order valence-corrected chi connectivity index (χ1v) is 8.48. The van der Waals surface area contributed by atoms with Crippen molar-refractivity contribution in [2.24, 2.45) is 0 Å². The number of halogens is 1. The molecule has 0 aliphatic rings. The molecule has 0 radical (unpaired) electrons. The molecule has 0 amide bonds. The zero-order chi connectivity index (χ0) is 15.7. The molecule has 6 heteroatoms. The van der Waals surface area contributed by atoms with Crippen LogP contribution in [0.15, 0.2) is 56.9 Å². The number of nitrogens with zero attached hydrogens (tertiary/aromatic N) is 2. The first-order valence-electron chi connectivity index (χ1n) is 6.70. The molecule has 0 aliphatic heterocycles. The Kier molecular flexibility index (Phi) is 4.22. The molecule has 0 fully saturated rings. The Morgan fingerprint density at radius 3 is 2.86 bits per heavy atom. The predicted molar refractivity (Wildman–Crippen MR) is 94.6 cm³/mol. The minimum Gasteiger partial charge on any atom is -0.334 e. The van der Waals surface area contributed by atoms with E-state index in [1.54, 1.807) is 6.07 Å². The second kappa shape index (κ2) is 6.14. The summed E-state index contributed by atoms with van der Waals surface area (Å²) in [6.07, 6.45) is 0. The molecule has 0 saturated carbocycles. The predicted octanol–water partition coefficient (Wildman–Crippen LogP) is 3.47. The number of aromatic nitrogens is 2. The minimum atomic E-state index is -0.238. The van der Waals surface area contributed by atoms with Crippen molar-refractivity contribution in [2.75, 3.05) is 5.84 Å². The Bertz CT molecular complexity index is 908. The highest BCUT2D eigenvalue weighted by molar-refractivity contribution is 9.10. The van der Waals surface area contributed by atoms with Crippen molar-refractivity contribution >= 4 is 38.6 Å². The summed E-state index contributed by atoms with van der Waals surface area (Å²) in [6, 6.07) is 13.7. The van der Waals surface area contributed by atoms with Gasteiger partial charge in [-0.1, -0.05) is 57.5 Å². The van der Waals surface area contributed by atoms with Crippen molar-refractivity contribution < 1.29 is 0 Å². The van der Waals surface area contributed by atoms with E-state index in [2.05, 4.69) is 46.0 Å². The van der Waals surface area contributed by atoms with Crippen LogP contribution in [0.1, 0.15) is 11.1 Å². The third kappa shape index (κ3) is 3.03. The first kappa shape index (κ1) is 15.1. The lowest BCUT2D eigenvalue weighted by Gasteiger charge is -2.09. The lowest BCUT2D eigenvalue weighted by molar-refractivity contribution is 0.779. The Labute approximate surface area is 140 Å². The van der Waals surface area contributed by atoms with Gasteiger partial charge in [0.25, 0.3) is 5.56 Å². The number of rotatable bonds is 3. The van der Waals surface area contributed by atoms with Crippen LogP contribution < -0.4 is 11.4 Å². The molecule has 1 aromatic heterocycles. The van der Waals surface area contributed by atoms with E-state index >= 15 is 0 Å². The van der Waals surface area contributed by atoms with Gasteiger partial charge in [0.05, 0.1) is 10.9 Å². The summed E-state index contributed by atoms with van der Waals surface area (Å²) in [4.78, 5) is 16.8. The van der Waals surface area contributed by atoms with Gasteiger partial charge in [-0.05, 0) is 30.7 Å². The van der Waals surface area contributed by atoms with Crippen LogP contribution in [0.5, 0.6) is 0 Å². The summed E-state index contributed by atoms with van der Waals surface area (Å²) in [5.41, 5.74) is 2.80. The van der Waals surface area contributed by atoms with E-state index in [9.17, 15) is 4.79 Å². The topological polar surface area (TPSA) is 60.9 Å². The van der Waals surface area contributed by atoms with E-state index < -0.39 is 0 Å². The number of aryl methyl sites for hydroxylation is 1. The number of thioether (sulfide) groups is 1. The fourth-order valence-corrected chi connectivity index (χ4v) is 3.42. The summed E-state index contributed by atoms with van der Waals surface area (Å²) in [5.74, 6) is 6.61. The fourth-order valence-electron chi connectivity index (χ4n) is 2.20. The van der Waals surface area contributed by atoms with Crippen LogP contribution in [-0.4, -0.2) is 9.66 Å². The lowest BCUT2D eigenvalue weighted by Crippen LogP contribution is -2.29. The number of nitrogen functional groups attached to an aromatic ring is 1. The number of nitrogens with two attached hydrogens (primary N) is 1. The maximum Gasteiger partial charge on any atom is 0.280 e. The molecule has 0 atom stereocenters. The van der Waals surface area contributed by atoms with Crippen LogP contribution in [-0.2, 0) is 5.75 Å². The van der Waals surface area contributed by atoms with Crippen molar-refractivity contribution in [1.29, 1.82) is 0 Å². The van der Waals surface area contributed by atoms with Gasteiger partial charge >= 0.3 is 0 Å².